The predicted octanol–water partition coefficient (Wildman–Crippen LogP) is 3.19. The molecule has 0 aliphatic carbocycles. The van der Waals surface area contributed by atoms with Crippen LogP contribution >= 0.6 is 24.0 Å². The van der Waals surface area contributed by atoms with Crippen molar-refractivity contribution in [3.8, 4) is 5.75 Å². The molecule has 0 fully saturated rings. The van der Waals surface area contributed by atoms with Crippen LogP contribution < -0.4 is 15.4 Å². The normalized spacial score (nSPS) is 13.5. The number of hydrogen-bond acceptors (Lipinski definition) is 4. The first kappa shape index (κ1) is 26.0. The average Bonchev–Trinajstić information content (AvgIpc) is 2.58. The van der Waals surface area contributed by atoms with E-state index in [9.17, 15) is 8.42 Å². The minimum Gasteiger partial charge on any atom is -0.497 e. The van der Waals surface area contributed by atoms with Gasteiger partial charge in [0, 0.05) is 19.3 Å². The number of hydrogen-bond donors (Lipinski definition) is 2. The minimum atomic E-state index is -3.16. The zero-order valence-electron chi connectivity index (χ0n) is 17.2. The molecule has 0 heterocycles. The van der Waals surface area contributed by atoms with E-state index < -0.39 is 14.6 Å². The highest BCUT2D eigenvalue weighted by Crippen LogP contribution is 2.21. The Morgan fingerprint density at radius 1 is 1.22 bits per heavy atom. The molecular weight excluding hydrogens is 477 g/mol. The quantitative estimate of drug-likeness (QED) is 0.303. The number of nitrogens with one attached hydrogen (secondary N) is 2. The summed E-state index contributed by atoms with van der Waals surface area (Å²) < 4.78 is 27.9. The third-order valence-electron chi connectivity index (χ3n) is 4.52. The van der Waals surface area contributed by atoms with Crippen LogP contribution in [0.1, 0.15) is 45.6 Å². The molecule has 0 aromatic heterocycles. The number of rotatable bonds is 9. The molecule has 1 aromatic rings. The van der Waals surface area contributed by atoms with Gasteiger partial charge in [-0.25, -0.2) is 8.42 Å². The maximum atomic E-state index is 11.8. The lowest BCUT2D eigenvalue weighted by Crippen LogP contribution is -2.41. The second-order valence-electron chi connectivity index (χ2n) is 7.12. The molecule has 1 rings (SSSR count). The number of aliphatic imine (C=N–C) groups is 1. The van der Waals surface area contributed by atoms with E-state index >= 15 is 0 Å². The van der Waals surface area contributed by atoms with Gasteiger partial charge < -0.3 is 15.4 Å². The number of benzene rings is 1. The topological polar surface area (TPSA) is 79.8 Å². The van der Waals surface area contributed by atoms with Crippen LogP contribution in [-0.2, 0) is 9.84 Å². The molecule has 27 heavy (non-hydrogen) atoms. The summed E-state index contributed by atoms with van der Waals surface area (Å²) in [5.74, 6) is 1.89. The monoisotopic (exact) mass is 511 g/mol. The van der Waals surface area contributed by atoms with Crippen molar-refractivity contribution in [1.29, 1.82) is 0 Å². The highest BCUT2D eigenvalue weighted by Gasteiger charge is 2.29. The first-order valence-electron chi connectivity index (χ1n) is 8.96. The molecule has 0 spiro atoms. The van der Waals surface area contributed by atoms with E-state index in [4.69, 9.17) is 4.74 Å². The zero-order chi connectivity index (χ0) is 19.8. The lowest BCUT2D eigenvalue weighted by atomic mass is 9.98. The van der Waals surface area contributed by atoms with E-state index in [0.717, 1.165) is 25.3 Å². The van der Waals surface area contributed by atoms with Crippen LogP contribution in [0.4, 0.5) is 0 Å². The van der Waals surface area contributed by atoms with E-state index in [0.29, 0.717) is 11.9 Å². The van der Waals surface area contributed by atoms with Gasteiger partial charge in [0.25, 0.3) is 0 Å². The standard InChI is InChI=1S/C19H33N3O3S.HI/c1-7-20-18(22-14-19(3,4)26(6,23)24)21-13-12-15(2)16-8-10-17(25-5)11-9-16;/h8-11,15H,7,12-14H2,1-6H3,(H2,20,21,22);1H. The second kappa shape index (κ2) is 11.7. The molecule has 1 atom stereocenters. The minimum absolute atomic E-state index is 0. The summed E-state index contributed by atoms with van der Waals surface area (Å²) in [6, 6.07) is 8.10. The average molecular weight is 511 g/mol. The van der Waals surface area contributed by atoms with Crippen molar-refractivity contribution in [3.63, 3.8) is 0 Å². The van der Waals surface area contributed by atoms with Gasteiger partial charge in [-0.2, -0.15) is 0 Å². The molecule has 2 N–H and O–H groups in total. The molecule has 0 amide bonds. The van der Waals surface area contributed by atoms with Gasteiger partial charge in [-0.05, 0) is 50.8 Å². The zero-order valence-corrected chi connectivity index (χ0v) is 20.4. The van der Waals surface area contributed by atoms with E-state index in [-0.39, 0.29) is 30.5 Å². The Morgan fingerprint density at radius 3 is 2.30 bits per heavy atom. The molecule has 6 nitrogen and oxygen atoms in total. The van der Waals surface area contributed by atoms with Gasteiger partial charge in [0.1, 0.15) is 5.75 Å². The van der Waals surface area contributed by atoms with E-state index in [2.05, 4.69) is 34.7 Å². The summed E-state index contributed by atoms with van der Waals surface area (Å²) in [7, 11) is -1.50. The Morgan fingerprint density at radius 2 is 1.81 bits per heavy atom. The smallest absolute Gasteiger partial charge is 0.191 e. The number of guanidine groups is 1. The molecule has 8 heteroatoms. The highest BCUT2D eigenvalue weighted by molar-refractivity contribution is 14.0. The third-order valence-corrected chi connectivity index (χ3v) is 6.66. The van der Waals surface area contributed by atoms with Crippen LogP contribution in [-0.4, -0.2) is 52.1 Å². The fraction of sp³-hybridized carbons (Fsp3) is 0.632. The van der Waals surface area contributed by atoms with Crippen LogP contribution in [0.5, 0.6) is 5.75 Å². The Bertz CT molecular complexity index is 689. The Hall–Kier alpha value is -1.03. The summed E-state index contributed by atoms with van der Waals surface area (Å²) >= 11 is 0. The highest BCUT2D eigenvalue weighted by atomic mass is 127. The van der Waals surface area contributed by atoms with Crippen LogP contribution in [0.2, 0.25) is 0 Å². The number of sulfone groups is 1. The number of ether oxygens (including phenoxy) is 1. The first-order valence-corrected chi connectivity index (χ1v) is 10.9. The molecule has 0 saturated heterocycles. The first-order chi connectivity index (χ1) is 12.1. The van der Waals surface area contributed by atoms with E-state index in [1.54, 1.807) is 21.0 Å². The van der Waals surface area contributed by atoms with Crippen molar-refractivity contribution in [2.75, 3.05) is 33.0 Å². The fourth-order valence-corrected chi connectivity index (χ4v) is 2.53. The van der Waals surface area contributed by atoms with Crippen LogP contribution in [0.25, 0.3) is 0 Å². The van der Waals surface area contributed by atoms with Crippen molar-refractivity contribution in [1.82, 2.24) is 10.6 Å². The molecule has 0 radical (unpaired) electrons. The van der Waals surface area contributed by atoms with Gasteiger partial charge in [-0.15, -0.1) is 24.0 Å². The van der Waals surface area contributed by atoms with Crippen LogP contribution in [0.3, 0.4) is 0 Å². The molecule has 0 bridgehead atoms. The molecule has 156 valence electrons. The van der Waals surface area contributed by atoms with Gasteiger partial charge in [0.05, 0.1) is 18.4 Å². The summed E-state index contributed by atoms with van der Waals surface area (Å²) in [6.07, 6.45) is 2.19. The molecular formula is C19H34IN3O3S. The SMILES string of the molecule is CCNC(=NCC(C)(C)S(C)(=O)=O)NCCC(C)c1ccc(OC)cc1.I. The molecule has 0 aliphatic heterocycles. The van der Waals surface area contributed by atoms with Crippen molar-refractivity contribution < 1.29 is 13.2 Å². The van der Waals surface area contributed by atoms with Gasteiger partial charge >= 0.3 is 0 Å². The van der Waals surface area contributed by atoms with E-state index in [1.807, 2.05) is 19.1 Å². The van der Waals surface area contributed by atoms with Crippen molar-refractivity contribution in [3.05, 3.63) is 29.8 Å². The lowest BCUT2D eigenvalue weighted by molar-refractivity contribution is 0.414. The molecule has 0 saturated carbocycles. The summed E-state index contributed by atoms with van der Waals surface area (Å²) in [5.41, 5.74) is 1.26. The van der Waals surface area contributed by atoms with Gasteiger partial charge in [-0.1, -0.05) is 19.1 Å². The lowest BCUT2D eigenvalue weighted by Gasteiger charge is -2.21. The van der Waals surface area contributed by atoms with Gasteiger partial charge in [0.2, 0.25) is 0 Å². The van der Waals surface area contributed by atoms with Crippen molar-refractivity contribution in [2.45, 2.75) is 44.8 Å². The Labute approximate surface area is 181 Å². The van der Waals surface area contributed by atoms with E-state index in [1.165, 1.54) is 11.8 Å². The number of halogens is 1. The second-order valence-corrected chi connectivity index (χ2v) is 9.77. The number of methoxy groups -OCH3 is 1. The van der Waals surface area contributed by atoms with Gasteiger partial charge in [-0.3, -0.25) is 4.99 Å². The predicted molar refractivity (Wildman–Crippen MR) is 124 cm³/mol. The largest absolute Gasteiger partial charge is 0.497 e. The fourth-order valence-electron chi connectivity index (χ4n) is 2.23. The van der Waals surface area contributed by atoms with Crippen LogP contribution in [0.15, 0.2) is 29.3 Å². The Balaban J connectivity index is 0.00000676. The third kappa shape index (κ3) is 8.68. The van der Waals surface area contributed by atoms with Crippen LogP contribution in [0, 0.1) is 0 Å². The molecule has 0 aliphatic rings. The maximum Gasteiger partial charge on any atom is 0.191 e. The molecule has 1 unspecified atom stereocenters. The summed E-state index contributed by atoms with van der Waals surface area (Å²) in [5, 5.41) is 6.45. The Kier molecular flexibility index (Phi) is 11.3. The maximum absolute atomic E-state index is 11.8. The van der Waals surface area contributed by atoms with Gasteiger partial charge in [0.15, 0.2) is 15.8 Å². The van der Waals surface area contributed by atoms with Crippen molar-refractivity contribution in [2.24, 2.45) is 4.99 Å². The summed E-state index contributed by atoms with van der Waals surface area (Å²) in [6.45, 7) is 9.24. The number of nitrogens with zero attached hydrogens (tertiary/aromatic N) is 1. The summed E-state index contributed by atoms with van der Waals surface area (Å²) in [4.78, 5) is 4.44. The molecule has 1 aromatic carbocycles. The van der Waals surface area contributed by atoms with Crippen molar-refractivity contribution >= 4 is 39.8 Å².